The van der Waals surface area contributed by atoms with Gasteiger partial charge in [-0.15, -0.1) is 11.3 Å². The molecule has 2 aromatic rings. The molecule has 0 atom stereocenters. The molecular formula is C11H9Cl2NO2S2. The van der Waals surface area contributed by atoms with E-state index in [2.05, 4.69) is 4.98 Å². The second-order valence-electron chi connectivity index (χ2n) is 3.83. The van der Waals surface area contributed by atoms with E-state index >= 15 is 0 Å². The Bertz CT molecular complexity index is 680. The summed E-state index contributed by atoms with van der Waals surface area (Å²) < 4.78 is 22.3. The first-order valence-corrected chi connectivity index (χ1v) is 8.62. The van der Waals surface area contributed by atoms with Crippen LogP contribution in [0.2, 0.25) is 10.0 Å². The average Bonchev–Trinajstić information content (AvgIpc) is 2.68. The minimum atomic E-state index is -3.06. The summed E-state index contributed by atoms with van der Waals surface area (Å²) in [5.41, 5.74) is 1.53. The molecule has 96 valence electrons. The van der Waals surface area contributed by atoms with Crippen LogP contribution in [0.4, 0.5) is 0 Å². The molecule has 0 amide bonds. The van der Waals surface area contributed by atoms with Crippen LogP contribution < -0.4 is 0 Å². The predicted molar refractivity (Wildman–Crippen MR) is 76.1 cm³/mol. The Labute approximate surface area is 119 Å². The van der Waals surface area contributed by atoms with Crippen molar-refractivity contribution in [2.45, 2.75) is 5.75 Å². The molecule has 7 heteroatoms. The van der Waals surface area contributed by atoms with Gasteiger partial charge >= 0.3 is 0 Å². The minimum Gasteiger partial charge on any atom is -0.240 e. The molecule has 3 nitrogen and oxygen atoms in total. The summed E-state index contributed by atoms with van der Waals surface area (Å²) in [6.45, 7) is 0. The highest BCUT2D eigenvalue weighted by atomic mass is 35.5. The fourth-order valence-electron chi connectivity index (χ4n) is 1.39. The number of rotatable bonds is 3. The Kier molecular flexibility index (Phi) is 3.96. The summed E-state index contributed by atoms with van der Waals surface area (Å²) in [5.74, 6) is -0.0427. The van der Waals surface area contributed by atoms with Gasteiger partial charge in [0.15, 0.2) is 9.84 Å². The number of nitrogens with zero attached hydrogens (tertiary/aromatic N) is 1. The summed E-state index contributed by atoms with van der Waals surface area (Å²) in [6.07, 6.45) is 1.19. The van der Waals surface area contributed by atoms with Crippen LogP contribution >= 0.6 is 34.5 Å². The molecule has 1 aromatic carbocycles. The van der Waals surface area contributed by atoms with Crippen LogP contribution in [-0.4, -0.2) is 19.7 Å². The molecule has 1 heterocycles. The quantitative estimate of drug-likeness (QED) is 0.866. The zero-order valence-corrected chi connectivity index (χ0v) is 12.5. The Balaban J connectivity index is 2.32. The largest absolute Gasteiger partial charge is 0.240 e. The van der Waals surface area contributed by atoms with Crippen LogP contribution in [-0.2, 0) is 15.6 Å². The predicted octanol–water partition coefficient (Wildman–Crippen LogP) is 3.66. The SMILES string of the molecule is CS(=O)(=O)Cc1nc(-c2ccc(Cl)c(Cl)c2)cs1. The number of aromatic nitrogens is 1. The average molecular weight is 322 g/mol. The third-order valence-corrected chi connectivity index (χ3v) is 4.72. The van der Waals surface area contributed by atoms with Crippen molar-refractivity contribution in [2.75, 3.05) is 6.26 Å². The Morgan fingerprint density at radius 3 is 2.61 bits per heavy atom. The van der Waals surface area contributed by atoms with Crippen molar-refractivity contribution in [2.24, 2.45) is 0 Å². The van der Waals surface area contributed by atoms with E-state index in [9.17, 15) is 8.42 Å². The maximum Gasteiger partial charge on any atom is 0.153 e. The number of sulfone groups is 1. The van der Waals surface area contributed by atoms with Gasteiger partial charge in [-0.2, -0.15) is 0 Å². The fourth-order valence-corrected chi connectivity index (χ4v) is 3.70. The van der Waals surface area contributed by atoms with E-state index in [4.69, 9.17) is 23.2 Å². The molecule has 2 rings (SSSR count). The molecule has 0 radical (unpaired) electrons. The summed E-state index contributed by atoms with van der Waals surface area (Å²) in [7, 11) is -3.06. The first kappa shape index (κ1) is 13.8. The Morgan fingerprint density at radius 1 is 1.28 bits per heavy atom. The maximum absolute atomic E-state index is 11.2. The first-order chi connectivity index (χ1) is 8.35. The smallest absolute Gasteiger partial charge is 0.153 e. The van der Waals surface area contributed by atoms with Crippen molar-refractivity contribution in [3.63, 3.8) is 0 Å². The number of hydrogen-bond acceptors (Lipinski definition) is 4. The van der Waals surface area contributed by atoms with Crippen LogP contribution in [0.15, 0.2) is 23.6 Å². The van der Waals surface area contributed by atoms with E-state index in [1.54, 1.807) is 23.6 Å². The molecule has 0 unspecified atom stereocenters. The molecule has 0 fully saturated rings. The lowest BCUT2D eigenvalue weighted by Gasteiger charge is -1.99. The maximum atomic E-state index is 11.2. The van der Waals surface area contributed by atoms with Crippen LogP contribution in [0.5, 0.6) is 0 Å². The molecule has 0 aliphatic rings. The van der Waals surface area contributed by atoms with E-state index in [0.717, 1.165) is 5.56 Å². The molecule has 0 bridgehead atoms. The van der Waals surface area contributed by atoms with Gasteiger partial charge in [-0.05, 0) is 12.1 Å². The Hall–Kier alpha value is -0.620. The van der Waals surface area contributed by atoms with Gasteiger partial charge in [0, 0.05) is 17.2 Å². The minimum absolute atomic E-state index is 0.0427. The molecule has 1 aromatic heterocycles. The van der Waals surface area contributed by atoms with Gasteiger partial charge in [0.05, 0.1) is 15.7 Å². The molecule has 0 saturated heterocycles. The van der Waals surface area contributed by atoms with Crippen molar-refractivity contribution < 1.29 is 8.42 Å². The van der Waals surface area contributed by atoms with Gasteiger partial charge in [0.25, 0.3) is 0 Å². The van der Waals surface area contributed by atoms with Crippen molar-refractivity contribution in [3.05, 3.63) is 38.6 Å². The number of halogens is 2. The second-order valence-corrected chi connectivity index (χ2v) is 7.72. The van der Waals surface area contributed by atoms with Crippen molar-refractivity contribution in [1.82, 2.24) is 4.98 Å². The molecule has 0 aliphatic carbocycles. The van der Waals surface area contributed by atoms with Gasteiger partial charge in [-0.1, -0.05) is 29.3 Å². The summed E-state index contributed by atoms with van der Waals surface area (Å²) in [5, 5.41) is 3.30. The zero-order valence-electron chi connectivity index (χ0n) is 9.35. The molecule has 18 heavy (non-hydrogen) atoms. The highest BCUT2D eigenvalue weighted by Gasteiger charge is 2.11. The van der Waals surface area contributed by atoms with Crippen molar-refractivity contribution >= 4 is 44.4 Å². The van der Waals surface area contributed by atoms with Crippen molar-refractivity contribution in [3.8, 4) is 11.3 Å². The second kappa shape index (κ2) is 5.17. The normalized spacial score (nSPS) is 11.7. The summed E-state index contributed by atoms with van der Waals surface area (Å²) in [6, 6.07) is 5.20. The van der Waals surface area contributed by atoms with E-state index in [-0.39, 0.29) is 5.75 Å². The van der Waals surface area contributed by atoms with Gasteiger partial charge in [0.2, 0.25) is 0 Å². The fraction of sp³-hybridized carbons (Fsp3) is 0.182. The lowest BCUT2D eigenvalue weighted by Crippen LogP contribution is -1.99. The van der Waals surface area contributed by atoms with E-state index in [0.29, 0.717) is 20.7 Å². The van der Waals surface area contributed by atoms with Crippen LogP contribution in [0, 0.1) is 0 Å². The summed E-state index contributed by atoms with van der Waals surface area (Å²) >= 11 is 13.1. The van der Waals surface area contributed by atoms with Crippen LogP contribution in [0.3, 0.4) is 0 Å². The Morgan fingerprint density at radius 2 is 2.00 bits per heavy atom. The molecular weight excluding hydrogens is 313 g/mol. The molecule has 0 saturated carbocycles. The van der Waals surface area contributed by atoms with Crippen molar-refractivity contribution in [1.29, 1.82) is 0 Å². The van der Waals surface area contributed by atoms with Gasteiger partial charge < -0.3 is 0 Å². The number of thiazole rings is 1. The van der Waals surface area contributed by atoms with Crippen LogP contribution in [0.25, 0.3) is 11.3 Å². The first-order valence-electron chi connectivity index (χ1n) is 4.93. The topological polar surface area (TPSA) is 47.0 Å². The monoisotopic (exact) mass is 321 g/mol. The molecule has 0 aliphatic heterocycles. The van der Waals surface area contributed by atoms with Gasteiger partial charge in [-0.3, -0.25) is 0 Å². The molecule has 0 spiro atoms. The summed E-state index contributed by atoms with van der Waals surface area (Å²) in [4.78, 5) is 4.27. The molecule has 0 N–H and O–H groups in total. The third kappa shape index (κ3) is 3.45. The lowest BCUT2D eigenvalue weighted by molar-refractivity contribution is 0.601. The zero-order chi connectivity index (χ0) is 13.3. The number of benzene rings is 1. The highest BCUT2D eigenvalue weighted by Crippen LogP contribution is 2.29. The third-order valence-electron chi connectivity index (χ3n) is 2.15. The van der Waals surface area contributed by atoms with Gasteiger partial charge in [0.1, 0.15) is 10.8 Å². The highest BCUT2D eigenvalue weighted by molar-refractivity contribution is 7.90. The van der Waals surface area contributed by atoms with E-state index < -0.39 is 9.84 Å². The van der Waals surface area contributed by atoms with Crippen LogP contribution in [0.1, 0.15) is 5.01 Å². The van der Waals surface area contributed by atoms with Gasteiger partial charge in [-0.25, -0.2) is 13.4 Å². The number of hydrogen-bond donors (Lipinski definition) is 0. The van der Waals surface area contributed by atoms with E-state index in [1.165, 1.54) is 17.6 Å². The lowest BCUT2D eigenvalue weighted by atomic mass is 10.2. The van der Waals surface area contributed by atoms with E-state index in [1.807, 2.05) is 0 Å². The standard InChI is InChI=1S/C11H9Cl2NO2S2/c1-18(15,16)6-11-14-10(5-17-11)7-2-3-8(12)9(13)4-7/h2-5H,6H2,1H3.